The zero-order valence-corrected chi connectivity index (χ0v) is 8.08. The van der Waals surface area contributed by atoms with Crippen LogP contribution in [0.2, 0.25) is 0 Å². The zero-order chi connectivity index (χ0) is 11.3. The molecule has 4 nitrogen and oxygen atoms in total. The first-order chi connectivity index (χ1) is 7.13. The van der Waals surface area contributed by atoms with Crippen molar-refractivity contribution in [1.29, 1.82) is 0 Å². The number of carbonyl (C=O) groups excluding carboxylic acids is 1. The van der Waals surface area contributed by atoms with Crippen LogP contribution in [0.5, 0.6) is 0 Å². The van der Waals surface area contributed by atoms with E-state index in [1.165, 1.54) is 12.3 Å². The summed E-state index contributed by atoms with van der Waals surface area (Å²) in [6.45, 7) is 1.94. The highest BCUT2D eigenvalue weighted by molar-refractivity contribution is 5.89. The molecule has 0 atom stereocenters. The molecule has 0 aliphatic carbocycles. The summed E-state index contributed by atoms with van der Waals surface area (Å²) < 4.78 is 17.2. The monoisotopic (exact) mass is 208 g/mol. The molecule has 0 aromatic carbocycles. The van der Waals surface area contributed by atoms with Crippen LogP contribution in [0.25, 0.3) is 0 Å². The van der Waals surface area contributed by atoms with E-state index in [1.54, 1.807) is 6.92 Å². The van der Waals surface area contributed by atoms with Gasteiger partial charge < -0.3 is 10.5 Å². The fourth-order valence-corrected chi connectivity index (χ4v) is 0.824. The van der Waals surface area contributed by atoms with Crippen LogP contribution in [-0.4, -0.2) is 17.6 Å². The van der Waals surface area contributed by atoms with Crippen LogP contribution >= 0.6 is 0 Å². The maximum atomic E-state index is 12.6. The number of nitrogen functional groups attached to an aromatic ring is 1. The Bertz CT molecular complexity index is 435. The molecule has 0 aliphatic rings. The van der Waals surface area contributed by atoms with Crippen LogP contribution in [0, 0.1) is 17.8 Å². The van der Waals surface area contributed by atoms with E-state index in [-0.39, 0.29) is 12.3 Å². The van der Waals surface area contributed by atoms with E-state index in [0.717, 1.165) is 0 Å². The van der Waals surface area contributed by atoms with Gasteiger partial charge in [-0.05, 0) is 13.0 Å². The number of rotatable bonds is 1. The second-order valence-electron chi connectivity index (χ2n) is 2.57. The molecule has 0 unspecified atom stereocenters. The summed E-state index contributed by atoms with van der Waals surface area (Å²) in [5.74, 6) is 3.29. The van der Waals surface area contributed by atoms with Crippen LogP contribution < -0.4 is 5.73 Å². The van der Waals surface area contributed by atoms with Crippen LogP contribution in [0.4, 0.5) is 10.1 Å². The molecule has 0 aliphatic heterocycles. The lowest BCUT2D eigenvalue weighted by molar-refractivity contribution is -0.136. The van der Waals surface area contributed by atoms with Crippen molar-refractivity contribution in [3.63, 3.8) is 0 Å². The standard InChI is InChI=1S/C10H9FN2O2/c1-2-15-9(14)4-3-7-5-8(12)10(11)13-6-7/h5-6H,2,12H2,1H3. The van der Waals surface area contributed by atoms with Crippen molar-refractivity contribution in [1.82, 2.24) is 4.98 Å². The Morgan fingerprint density at radius 2 is 2.47 bits per heavy atom. The molecule has 2 N–H and O–H groups in total. The van der Waals surface area contributed by atoms with E-state index in [0.29, 0.717) is 5.56 Å². The van der Waals surface area contributed by atoms with Crippen molar-refractivity contribution in [3.8, 4) is 11.8 Å². The minimum atomic E-state index is -0.753. The number of anilines is 1. The van der Waals surface area contributed by atoms with Gasteiger partial charge in [-0.15, -0.1) is 0 Å². The molecule has 1 heterocycles. The van der Waals surface area contributed by atoms with Crippen molar-refractivity contribution in [2.24, 2.45) is 0 Å². The molecule has 0 spiro atoms. The van der Waals surface area contributed by atoms with Crippen LogP contribution in [0.3, 0.4) is 0 Å². The highest BCUT2D eigenvalue weighted by atomic mass is 19.1. The van der Waals surface area contributed by atoms with Gasteiger partial charge in [0.2, 0.25) is 5.95 Å². The molecule has 1 aromatic heterocycles. The van der Waals surface area contributed by atoms with Gasteiger partial charge in [0, 0.05) is 17.7 Å². The molecule has 5 heteroatoms. The fourth-order valence-electron chi connectivity index (χ4n) is 0.824. The first-order valence-corrected chi connectivity index (χ1v) is 4.23. The van der Waals surface area contributed by atoms with Crippen molar-refractivity contribution >= 4 is 11.7 Å². The maximum Gasteiger partial charge on any atom is 0.384 e. The predicted molar refractivity (Wildman–Crippen MR) is 52.1 cm³/mol. The summed E-state index contributed by atoms with van der Waals surface area (Å²) in [6, 6.07) is 1.30. The van der Waals surface area contributed by atoms with Crippen molar-refractivity contribution in [2.45, 2.75) is 6.92 Å². The lowest BCUT2D eigenvalue weighted by Crippen LogP contribution is -2.00. The van der Waals surface area contributed by atoms with Crippen molar-refractivity contribution in [3.05, 3.63) is 23.8 Å². The number of halogens is 1. The van der Waals surface area contributed by atoms with Gasteiger partial charge in [-0.3, -0.25) is 0 Å². The molecule has 1 rings (SSSR count). The number of nitrogens with two attached hydrogens (primary N) is 1. The average molecular weight is 208 g/mol. The fraction of sp³-hybridized carbons (Fsp3) is 0.200. The Morgan fingerprint density at radius 1 is 1.73 bits per heavy atom. The molecular weight excluding hydrogens is 199 g/mol. The molecule has 0 amide bonds. The Morgan fingerprint density at radius 3 is 3.07 bits per heavy atom. The number of aromatic nitrogens is 1. The van der Waals surface area contributed by atoms with Crippen LogP contribution in [0.1, 0.15) is 12.5 Å². The third-order valence-electron chi connectivity index (χ3n) is 1.45. The molecule has 0 saturated carbocycles. The second kappa shape index (κ2) is 4.96. The van der Waals surface area contributed by atoms with E-state index in [9.17, 15) is 9.18 Å². The number of carbonyl (C=O) groups is 1. The van der Waals surface area contributed by atoms with E-state index < -0.39 is 11.9 Å². The minimum Gasteiger partial charge on any atom is -0.456 e. The number of esters is 1. The number of hydrogen-bond donors (Lipinski definition) is 1. The molecular formula is C10H9FN2O2. The summed E-state index contributed by atoms with van der Waals surface area (Å²) in [4.78, 5) is 14.2. The normalized spacial score (nSPS) is 8.93. The number of pyridine rings is 1. The smallest absolute Gasteiger partial charge is 0.384 e. The van der Waals surface area contributed by atoms with Gasteiger partial charge in [0.25, 0.3) is 0 Å². The van der Waals surface area contributed by atoms with Gasteiger partial charge >= 0.3 is 5.97 Å². The maximum absolute atomic E-state index is 12.6. The highest BCUT2D eigenvalue weighted by Gasteiger charge is 1.99. The van der Waals surface area contributed by atoms with Gasteiger partial charge in [0.05, 0.1) is 12.3 Å². The number of ether oxygens (including phenoxy) is 1. The van der Waals surface area contributed by atoms with E-state index in [2.05, 4.69) is 21.6 Å². The van der Waals surface area contributed by atoms with Gasteiger partial charge in [0.15, 0.2) is 0 Å². The SMILES string of the molecule is CCOC(=O)C#Cc1cnc(F)c(N)c1. The zero-order valence-electron chi connectivity index (χ0n) is 8.08. The van der Waals surface area contributed by atoms with Crippen LogP contribution in [-0.2, 0) is 9.53 Å². The summed E-state index contributed by atoms with van der Waals surface area (Å²) in [6.07, 6.45) is 1.19. The van der Waals surface area contributed by atoms with Crippen LogP contribution in [0.15, 0.2) is 12.3 Å². The van der Waals surface area contributed by atoms with Gasteiger partial charge in [-0.2, -0.15) is 4.39 Å². The Hall–Kier alpha value is -2.09. The Balaban J connectivity index is 2.80. The molecule has 1 aromatic rings. The molecule has 15 heavy (non-hydrogen) atoms. The quantitative estimate of drug-likeness (QED) is 0.419. The highest BCUT2D eigenvalue weighted by Crippen LogP contribution is 2.07. The Kier molecular flexibility index (Phi) is 3.63. The van der Waals surface area contributed by atoms with Gasteiger partial charge in [0.1, 0.15) is 0 Å². The molecule has 0 radical (unpaired) electrons. The lowest BCUT2D eigenvalue weighted by atomic mass is 10.2. The summed E-state index contributed by atoms with van der Waals surface area (Å²) in [5.41, 5.74) is 5.52. The van der Waals surface area contributed by atoms with E-state index in [1.807, 2.05) is 0 Å². The average Bonchev–Trinajstić information content (AvgIpc) is 2.20. The predicted octanol–water partition coefficient (Wildman–Crippen LogP) is 0.718. The third-order valence-corrected chi connectivity index (χ3v) is 1.45. The third kappa shape index (κ3) is 3.27. The number of hydrogen-bond acceptors (Lipinski definition) is 4. The molecule has 0 bridgehead atoms. The molecule has 0 fully saturated rings. The summed E-state index contributed by atoms with van der Waals surface area (Å²) in [5, 5.41) is 0. The molecule has 0 saturated heterocycles. The topological polar surface area (TPSA) is 65.2 Å². The summed E-state index contributed by atoms with van der Waals surface area (Å²) >= 11 is 0. The summed E-state index contributed by atoms with van der Waals surface area (Å²) in [7, 11) is 0. The first kappa shape index (κ1) is 11.0. The van der Waals surface area contributed by atoms with Crippen molar-refractivity contribution < 1.29 is 13.9 Å². The van der Waals surface area contributed by atoms with Crippen molar-refractivity contribution in [2.75, 3.05) is 12.3 Å². The van der Waals surface area contributed by atoms with E-state index >= 15 is 0 Å². The number of nitrogens with zero attached hydrogens (tertiary/aromatic N) is 1. The Labute approximate surface area is 86.3 Å². The van der Waals surface area contributed by atoms with Gasteiger partial charge in [-0.25, -0.2) is 9.78 Å². The lowest BCUT2D eigenvalue weighted by Gasteiger charge is -1.95. The molecule has 78 valence electrons. The first-order valence-electron chi connectivity index (χ1n) is 4.23. The second-order valence-corrected chi connectivity index (χ2v) is 2.57. The van der Waals surface area contributed by atoms with Gasteiger partial charge in [-0.1, -0.05) is 5.92 Å². The largest absolute Gasteiger partial charge is 0.456 e. The minimum absolute atomic E-state index is 0.106. The van der Waals surface area contributed by atoms with E-state index in [4.69, 9.17) is 5.73 Å².